The topological polar surface area (TPSA) is 55.4 Å². The lowest BCUT2D eigenvalue weighted by atomic mass is 10.1. The van der Waals surface area contributed by atoms with Crippen molar-refractivity contribution in [3.8, 4) is 10.4 Å². The van der Waals surface area contributed by atoms with Crippen LogP contribution >= 0.6 is 45.9 Å². The molecule has 1 N–H and O–H groups in total. The van der Waals surface area contributed by atoms with Crippen LogP contribution in [0.15, 0.2) is 35.0 Å². The molecule has 4 nitrogen and oxygen atoms in total. The van der Waals surface area contributed by atoms with Crippen molar-refractivity contribution < 1.29 is 18.7 Å². The molecule has 1 amide bonds. The van der Waals surface area contributed by atoms with Gasteiger partial charge in [-0.2, -0.15) is 0 Å². The third-order valence-electron chi connectivity index (χ3n) is 3.54. The summed E-state index contributed by atoms with van der Waals surface area (Å²) in [5.74, 6) is -1.96. The molecule has 3 rings (SSSR count). The highest BCUT2D eigenvalue weighted by Crippen LogP contribution is 2.38. The summed E-state index contributed by atoms with van der Waals surface area (Å²) >= 11 is 14.3. The van der Waals surface area contributed by atoms with Crippen molar-refractivity contribution in [1.29, 1.82) is 0 Å². The molecule has 0 aliphatic carbocycles. The predicted octanol–water partition coefficient (Wildman–Crippen LogP) is 6.35. The highest BCUT2D eigenvalue weighted by atomic mass is 35.5. The number of amides is 1. The van der Waals surface area contributed by atoms with Crippen molar-refractivity contribution in [2.75, 3.05) is 11.9 Å². The predicted molar refractivity (Wildman–Crippen MR) is 108 cm³/mol. The fraction of sp³-hybridized carbons (Fsp3) is 0.111. The second kappa shape index (κ2) is 8.39. The van der Waals surface area contributed by atoms with Crippen LogP contribution in [-0.4, -0.2) is 18.5 Å². The van der Waals surface area contributed by atoms with Crippen LogP contribution in [0.2, 0.25) is 10.0 Å². The van der Waals surface area contributed by atoms with Crippen molar-refractivity contribution in [2.45, 2.75) is 6.92 Å². The zero-order valence-corrected chi connectivity index (χ0v) is 17.0. The van der Waals surface area contributed by atoms with E-state index in [4.69, 9.17) is 27.9 Å². The molecule has 0 unspecified atom stereocenters. The van der Waals surface area contributed by atoms with Crippen LogP contribution in [0, 0.1) is 5.82 Å². The lowest BCUT2D eigenvalue weighted by Crippen LogP contribution is -2.15. The molecule has 0 saturated carbocycles. The summed E-state index contributed by atoms with van der Waals surface area (Å²) in [5, 5.41) is 6.40. The van der Waals surface area contributed by atoms with E-state index in [9.17, 15) is 14.0 Å². The monoisotopic (exact) mass is 443 g/mol. The normalized spacial score (nSPS) is 10.7. The van der Waals surface area contributed by atoms with Crippen molar-refractivity contribution >= 4 is 62.8 Å². The number of halogens is 3. The van der Waals surface area contributed by atoms with Gasteiger partial charge in [0.15, 0.2) is 0 Å². The Morgan fingerprint density at radius 1 is 1.22 bits per heavy atom. The van der Waals surface area contributed by atoms with Gasteiger partial charge in [-0.1, -0.05) is 29.3 Å². The molecule has 0 atom stereocenters. The summed E-state index contributed by atoms with van der Waals surface area (Å²) in [5.41, 5.74) is 0.833. The summed E-state index contributed by atoms with van der Waals surface area (Å²) in [4.78, 5) is 25.9. The zero-order valence-electron chi connectivity index (χ0n) is 13.8. The number of esters is 1. The van der Waals surface area contributed by atoms with Crippen LogP contribution in [0.1, 0.15) is 27.6 Å². The molecule has 1 aromatic carbocycles. The van der Waals surface area contributed by atoms with Gasteiger partial charge in [0.1, 0.15) is 16.4 Å². The largest absolute Gasteiger partial charge is 0.462 e. The zero-order chi connectivity index (χ0) is 19.6. The quantitative estimate of drug-likeness (QED) is 0.369. The van der Waals surface area contributed by atoms with Gasteiger partial charge < -0.3 is 10.1 Å². The van der Waals surface area contributed by atoms with E-state index in [1.165, 1.54) is 22.7 Å². The SMILES string of the molecule is CCOC(=O)c1c(-c2cccs2)csc1NC(=O)c1cc(F)c(Cl)cc1Cl. The first-order chi connectivity index (χ1) is 12.9. The third kappa shape index (κ3) is 4.16. The van der Waals surface area contributed by atoms with Crippen LogP contribution in [0.25, 0.3) is 10.4 Å². The Bertz CT molecular complexity index is 1000. The average molecular weight is 444 g/mol. The summed E-state index contributed by atoms with van der Waals surface area (Å²) in [6.07, 6.45) is 0. The number of hydrogen-bond donors (Lipinski definition) is 1. The fourth-order valence-corrected chi connectivity index (χ4v) is 4.57. The average Bonchev–Trinajstić information content (AvgIpc) is 3.27. The summed E-state index contributed by atoms with van der Waals surface area (Å²) in [6.45, 7) is 1.89. The molecule has 3 aromatic rings. The minimum Gasteiger partial charge on any atom is -0.462 e. The molecule has 0 radical (unpaired) electrons. The fourth-order valence-electron chi connectivity index (χ4n) is 2.34. The van der Waals surface area contributed by atoms with Crippen molar-refractivity contribution in [2.24, 2.45) is 0 Å². The maximum absolute atomic E-state index is 13.7. The maximum atomic E-state index is 13.7. The number of ether oxygens (including phenoxy) is 1. The van der Waals surface area contributed by atoms with Crippen molar-refractivity contribution in [3.05, 3.63) is 62.0 Å². The number of nitrogens with one attached hydrogen (secondary N) is 1. The van der Waals surface area contributed by atoms with Crippen molar-refractivity contribution in [1.82, 2.24) is 0 Å². The first-order valence-electron chi connectivity index (χ1n) is 7.70. The minimum atomic E-state index is -0.762. The standard InChI is InChI=1S/C18H12Cl2FNO3S2/c1-2-25-18(24)15-10(14-4-3-5-26-14)8-27-17(15)22-16(23)9-6-13(21)12(20)7-11(9)19/h3-8H,2H2,1H3,(H,22,23). The van der Waals surface area contributed by atoms with E-state index in [1.54, 1.807) is 12.3 Å². The van der Waals surface area contributed by atoms with Gasteiger partial charge in [0, 0.05) is 15.8 Å². The number of hydrogen-bond acceptors (Lipinski definition) is 5. The highest BCUT2D eigenvalue weighted by Gasteiger charge is 2.24. The lowest BCUT2D eigenvalue weighted by molar-refractivity contribution is 0.0529. The molecule has 0 bridgehead atoms. The van der Waals surface area contributed by atoms with E-state index in [0.717, 1.165) is 17.0 Å². The Balaban J connectivity index is 1.98. The van der Waals surface area contributed by atoms with Crippen LogP contribution < -0.4 is 5.32 Å². The first kappa shape index (κ1) is 19.8. The molecule has 27 heavy (non-hydrogen) atoms. The van der Waals surface area contributed by atoms with E-state index in [1.807, 2.05) is 17.5 Å². The van der Waals surface area contributed by atoms with E-state index in [-0.39, 0.29) is 27.8 Å². The number of benzene rings is 1. The van der Waals surface area contributed by atoms with E-state index < -0.39 is 17.7 Å². The van der Waals surface area contributed by atoms with Gasteiger partial charge in [0.2, 0.25) is 0 Å². The van der Waals surface area contributed by atoms with Crippen LogP contribution in [-0.2, 0) is 4.74 Å². The Morgan fingerprint density at radius 3 is 2.67 bits per heavy atom. The van der Waals surface area contributed by atoms with Crippen LogP contribution in [0.3, 0.4) is 0 Å². The molecule has 0 spiro atoms. The number of thiophene rings is 2. The van der Waals surface area contributed by atoms with Crippen LogP contribution in [0.4, 0.5) is 9.39 Å². The van der Waals surface area contributed by atoms with E-state index in [0.29, 0.717) is 10.6 Å². The molecule has 2 aromatic heterocycles. The molecule has 2 heterocycles. The summed E-state index contributed by atoms with van der Waals surface area (Å²) in [7, 11) is 0. The molecular weight excluding hydrogens is 432 g/mol. The maximum Gasteiger partial charge on any atom is 0.341 e. The Morgan fingerprint density at radius 2 is 2.00 bits per heavy atom. The molecular formula is C18H12Cl2FNO3S2. The third-order valence-corrected chi connectivity index (χ3v) is 5.94. The first-order valence-corrected chi connectivity index (χ1v) is 10.2. The number of carbonyl (C=O) groups excluding carboxylic acids is 2. The number of carbonyl (C=O) groups is 2. The van der Waals surface area contributed by atoms with E-state index >= 15 is 0 Å². The minimum absolute atomic E-state index is 0.00613. The van der Waals surface area contributed by atoms with Gasteiger partial charge >= 0.3 is 5.97 Å². The number of anilines is 1. The smallest absolute Gasteiger partial charge is 0.341 e. The highest BCUT2D eigenvalue weighted by molar-refractivity contribution is 7.17. The molecule has 9 heteroatoms. The second-order valence-electron chi connectivity index (χ2n) is 5.25. The molecule has 0 aliphatic heterocycles. The summed E-state index contributed by atoms with van der Waals surface area (Å²) in [6, 6.07) is 5.84. The van der Waals surface area contributed by atoms with Crippen LogP contribution in [0.5, 0.6) is 0 Å². The van der Waals surface area contributed by atoms with Gasteiger partial charge in [-0.15, -0.1) is 22.7 Å². The van der Waals surface area contributed by atoms with Crippen molar-refractivity contribution in [3.63, 3.8) is 0 Å². The number of rotatable bonds is 5. The Hall–Kier alpha value is -1.93. The van der Waals surface area contributed by atoms with Gasteiger partial charge in [0.25, 0.3) is 5.91 Å². The Kier molecular flexibility index (Phi) is 6.16. The Labute approximate surface area is 172 Å². The van der Waals surface area contributed by atoms with Gasteiger partial charge in [-0.25, -0.2) is 9.18 Å². The second-order valence-corrected chi connectivity index (χ2v) is 7.89. The van der Waals surface area contributed by atoms with Gasteiger partial charge in [0.05, 0.1) is 22.2 Å². The van der Waals surface area contributed by atoms with Gasteiger partial charge in [-0.3, -0.25) is 4.79 Å². The molecule has 0 fully saturated rings. The summed E-state index contributed by atoms with van der Waals surface area (Å²) < 4.78 is 18.8. The van der Waals surface area contributed by atoms with Gasteiger partial charge in [-0.05, 0) is 30.5 Å². The lowest BCUT2D eigenvalue weighted by Gasteiger charge is -2.09. The van der Waals surface area contributed by atoms with E-state index in [2.05, 4.69) is 5.32 Å². The molecule has 140 valence electrons. The molecule has 0 saturated heterocycles. The molecule has 0 aliphatic rings.